The number of nitrogens with zero attached hydrogens (tertiary/aromatic N) is 1. The van der Waals surface area contributed by atoms with Crippen LogP contribution in [0, 0.1) is 10.5 Å². The van der Waals surface area contributed by atoms with Crippen molar-refractivity contribution in [1.82, 2.24) is 4.98 Å². The Morgan fingerprint density at radius 2 is 2.11 bits per heavy atom. The van der Waals surface area contributed by atoms with Gasteiger partial charge in [-0.05, 0) is 65.4 Å². The molecule has 1 aromatic heterocycles. The Labute approximate surface area is 124 Å². The maximum atomic E-state index is 12.0. The zero-order valence-corrected chi connectivity index (χ0v) is 12.5. The van der Waals surface area contributed by atoms with Gasteiger partial charge >= 0.3 is 0 Å². The quantitative estimate of drug-likeness (QED) is 0.813. The van der Waals surface area contributed by atoms with E-state index >= 15 is 0 Å². The summed E-state index contributed by atoms with van der Waals surface area (Å²) in [4.78, 5) is 16.2. The molecule has 3 nitrogen and oxygen atoms in total. The summed E-state index contributed by atoms with van der Waals surface area (Å²) in [7, 11) is 0. The number of rotatable bonds is 2. The number of benzene rings is 1. The van der Waals surface area contributed by atoms with E-state index in [1.54, 1.807) is 30.5 Å². The maximum Gasteiger partial charge on any atom is 0.257 e. The molecule has 1 amide bonds. The number of amides is 1. The van der Waals surface area contributed by atoms with Crippen LogP contribution >= 0.6 is 34.2 Å². The fourth-order valence-electron chi connectivity index (χ4n) is 1.52. The van der Waals surface area contributed by atoms with Gasteiger partial charge in [-0.25, -0.2) is 4.98 Å². The second-order valence-corrected chi connectivity index (χ2v) is 5.46. The highest BCUT2D eigenvalue weighted by Gasteiger charge is 2.09. The molecule has 0 fully saturated rings. The number of nitrogens with one attached hydrogen (secondary N) is 1. The summed E-state index contributed by atoms with van der Waals surface area (Å²) in [5.74, 6) is 0.354. The van der Waals surface area contributed by atoms with Crippen LogP contribution in [0.3, 0.4) is 0 Å². The lowest BCUT2D eigenvalue weighted by Crippen LogP contribution is -2.14. The van der Waals surface area contributed by atoms with Crippen LogP contribution in [0.15, 0.2) is 36.5 Å². The SMILES string of the molecule is Cc1cc(Cl)ccc1C(=O)Nc1ccc(I)cn1. The standard InChI is InChI=1S/C13H10ClIN2O/c1-8-6-9(14)2-4-11(8)13(18)17-12-5-3-10(15)7-16-12/h2-7H,1H3,(H,16,17,18). The summed E-state index contributed by atoms with van der Waals surface area (Å²) < 4.78 is 1.02. The molecule has 1 heterocycles. The van der Waals surface area contributed by atoms with Crippen molar-refractivity contribution in [1.29, 1.82) is 0 Å². The lowest BCUT2D eigenvalue weighted by atomic mass is 10.1. The molecule has 1 N–H and O–H groups in total. The molecule has 5 heteroatoms. The third kappa shape index (κ3) is 3.20. The van der Waals surface area contributed by atoms with Crippen LogP contribution in [0.1, 0.15) is 15.9 Å². The first-order valence-electron chi connectivity index (χ1n) is 5.25. The van der Waals surface area contributed by atoms with E-state index in [0.29, 0.717) is 16.4 Å². The van der Waals surface area contributed by atoms with Gasteiger partial charge in [-0.2, -0.15) is 0 Å². The molecule has 1 aromatic carbocycles. The van der Waals surface area contributed by atoms with Gasteiger partial charge in [0.05, 0.1) is 0 Å². The van der Waals surface area contributed by atoms with Gasteiger partial charge in [0.1, 0.15) is 5.82 Å². The molecule has 0 unspecified atom stereocenters. The Balaban J connectivity index is 2.19. The molecule has 0 bridgehead atoms. The van der Waals surface area contributed by atoms with Gasteiger partial charge < -0.3 is 5.32 Å². The third-order valence-electron chi connectivity index (χ3n) is 2.40. The van der Waals surface area contributed by atoms with Crippen molar-refractivity contribution in [2.24, 2.45) is 0 Å². The van der Waals surface area contributed by atoms with Gasteiger partial charge in [0.2, 0.25) is 0 Å². The van der Waals surface area contributed by atoms with E-state index in [1.165, 1.54) is 0 Å². The number of pyridine rings is 1. The Hall–Kier alpha value is -1.14. The number of hydrogen-bond donors (Lipinski definition) is 1. The topological polar surface area (TPSA) is 42.0 Å². The first-order valence-corrected chi connectivity index (χ1v) is 6.71. The smallest absolute Gasteiger partial charge is 0.257 e. The number of halogens is 2. The van der Waals surface area contributed by atoms with Gasteiger partial charge in [0.25, 0.3) is 5.91 Å². The first-order chi connectivity index (χ1) is 8.56. The summed E-state index contributed by atoms with van der Waals surface area (Å²) in [5.41, 5.74) is 1.44. The van der Waals surface area contributed by atoms with E-state index in [-0.39, 0.29) is 5.91 Å². The van der Waals surface area contributed by atoms with Crippen LogP contribution < -0.4 is 5.32 Å². The minimum absolute atomic E-state index is 0.183. The van der Waals surface area contributed by atoms with Gasteiger partial charge in [-0.1, -0.05) is 11.6 Å². The minimum Gasteiger partial charge on any atom is -0.307 e. The predicted molar refractivity (Wildman–Crippen MR) is 81.1 cm³/mol. The average molecular weight is 373 g/mol. The molecular weight excluding hydrogens is 363 g/mol. The molecule has 0 aliphatic heterocycles. The van der Waals surface area contributed by atoms with Gasteiger partial charge in [-0.15, -0.1) is 0 Å². The summed E-state index contributed by atoms with van der Waals surface area (Å²) >= 11 is 8.02. The molecule has 2 aromatic rings. The highest BCUT2D eigenvalue weighted by Crippen LogP contribution is 2.16. The van der Waals surface area contributed by atoms with Crippen molar-refractivity contribution in [3.63, 3.8) is 0 Å². The van der Waals surface area contributed by atoms with Crippen LogP contribution in [-0.2, 0) is 0 Å². The highest BCUT2D eigenvalue weighted by molar-refractivity contribution is 14.1. The van der Waals surface area contributed by atoms with E-state index in [0.717, 1.165) is 9.13 Å². The number of carbonyl (C=O) groups is 1. The van der Waals surface area contributed by atoms with E-state index in [4.69, 9.17) is 11.6 Å². The fraction of sp³-hybridized carbons (Fsp3) is 0.0769. The maximum absolute atomic E-state index is 12.0. The van der Waals surface area contributed by atoms with Crippen molar-refractivity contribution in [2.75, 3.05) is 5.32 Å². The van der Waals surface area contributed by atoms with E-state index in [1.807, 2.05) is 13.0 Å². The number of carbonyl (C=O) groups excluding carboxylic acids is 1. The van der Waals surface area contributed by atoms with Crippen molar-refractivity contribution in [3.8, 4) is 0 Å². The molecule has 92 valence electrons. The monoisotopic (exact) mass is 372 g/mol. The molecular formula is C13H10ClIN2O. The van der Waals surface area contributed by atoms with Crippen molar-refractivity contribution < 1.29 is 4.79 Å². The highest BCUT2D eigenvalue weighted by atomic mass is 127. The summed E-state index contributed by atoms with van der Waals surface area (Å²) in [6.07, 6.45) is 1.70. The van der Waals surface area contributed by atoms with E-state index < -0.39 is 0 Å². The zero-order chi connectivity index (χ0) is 13.1. The molecule has 2 rings (SSSR count). The Kier molecular flexibility index (Phi) is 4.19. The van der Waals surface area contributed by atoms with Crippen LogP contribution in [-0.4, -0.2) is 10.9 Å². The molecule has 0 saturated carbocycles. The second kappa shape index (κ2) is 5.67. The molecule has 0 saturated heterocycles. The Morgan fingerprint density at radius 1 is 1.33 bits per heavy atom. The second-order valence-electron chi connectivity index (χ2n) is 3.78. The molecule has 0 aliphatic carbocycles. The predicted octanol–water partition coefficient (Wildman–Crippen LogP) is 3.90. The lowest BCUT2D eigenvalue weighted by Gasteiger charge is -2.07. The Bertz CT molecular complexity index is 584. The van der Waals surface area contributed by atoms with Crippen molar-refractivity contribution in [2.45, 2.75) is 6.92 Å². The Morgan fingerprint density at radius 3 is 2.72 bits per heavy atom. The number of anilines is 1. The molecule has 0 spiro atoms. The van der Waals surface area contributed by atoms with Crippen LogP contribution in [0.5, 0.6) is 0 Å². The molecule has 0 atom stereocenters. The van der Waals surface area contributed by atoms with Crippen LogP contribution in [0.25, 0.3) is 0 Å². The third-order valence-corrected chi connectivity index (χ3v) is 3.28. The van der Waals surface area contributed by atoms with Crippen LogP contribution in [0.4, 0.5) is 5.82 Å². The number of aromatic nitrogens is 1. The zero-order valence-electron chi connectivity index (χ0n) is 9.58. The van der Waals surface area contributed by atoms with Gasteiger partial charge in [0, 0.05) is 20.4 Å². The summed E-state index contributed by atoms with van der Waals surface area (Å²) in [6.45, 7) is 1.85. The molecule has 18 heavy (non-hydrogen) atoms. The largest absolute Gasteiger partial charge is 0.307 e. The van der Waals surface area contributed by atoms with Crippen molar-refractivity contribution >= 4 is 45.9 Å². The average Bonchev–Trinajstić information content (AvgIpc) is 2.32. The lowest BCUT2D eigenvalue weighted by molar-refractivity contribution is 0.102. The van der Waals surface area contributed by atoms with Gasteiger partial charge in [0.15, 0.2) is 0 Å². The van der Waals surface area contributed by atoms with E-state index in [9.17, 15) is 4.79 Å². The number of hydrogen-bond acceptors (Lipinski definition) is 2. The van der Waals surface area contributed by atoms with E-state index in [2.05, 4.69) is 32.9 Å². The number of aryl methyl sites for hydroxylation is 1. The van der Waals surface area contributed by atoms with Crippen LogP contribution in [0.2, 0.25) is 5.02 Å². The van der Waals surface area contributed by atoms with Crippen molar-refractivity contribution in [3.05, 3.63) is 56.2 Å². The van der Waals surface area contributed by atoms with Gasteiger partial charge in [-0.3, -0.25) is 4.79 Å². The summed E-state index contributed by atoms with van der Waals surface area (Å²) in [5, 5.41) is 3.37. The fourth-order valence-corrected chi connectivity index (χ4v) is 2.06. The normalized spacial score (nSPS) is 10.2. The summed E-state index contributed by atoms with van der Waals surface area (Å²) in [6, 6.07) is 8.82. The first kappa shape index (κ1) is 13.3. The molecule has 0 radical (unpaired) electrons. The molecule has 0 aliphatic rings. The minimum atomic E-state index is -0.183.